The van der Waals surface area contributed by atoms with Crippen LogP contribution in [0, 0.1) is 0 Å². The molecular formula is C18H27N3O2. The number of unbranched alkanes of at least 4 members (excludes halogenated alkanes) is 2. The molecule has 2 amide bonds. The number of amides is 2. The summed E-state index contributed by atoms with van der Waals surface area (Å²) in [4.78, 5) is 27.8. The molecule has 0 unspecified atom stereocenters. The molecule has 1 aliphatic heterocycles. The van der Waals surface area contributed by atoms with E-state index in [1.165, 1.54) is 26.2 Å². The molecule has 1 saturated heterocycles. The Morgan fingerprint density at radius 3 is 2.26 bits per heavy atom. The van der Waals surface area contributed by atoms with Crippen molar-refractivity contribution >= 4 is 17.5 Å². The fourth-order valence-electron chi connectivity index (χ4n) is 2.75. The van der Waals surface area contributed by atoms with Crippen LogP contribution in [0.3, 0.4) is 0 Å². The maximum Gasteiger partial charge on any atom is 0.321 e. The first-order valence-corrected chi connectivity index (χ1v) is 8.49. The molecular weight excluding hydrogens is 290 g/mol. The van der Waals surface area contributed by atoms with E-state index in [4.69, 9.17) is 0 Å². The predicted molar refractivity (Wildman–Crippen MR) is 93.0 cm³/mol. The number of carbonyl (C=O) groups excluding carboxylic acids is 2. The standard InChI is InChI=1S/C18H27N3O2/c1-3-4-5-10-20-11-13-21(14-12-20)18(23)19-17-8-6-16(7-9-17)15(2)22/h6-9H,3-5,10-14H2,1-2H3,(H,19,23). The molecule has 1 heterocycles. The molecule has 5 nitrogen and oxygen atoms in total. The molecule has 0 spiro atoms. The highest BCUT2D eigenvalue weighted by Gasteiger charge is 2.20. The maximum absolute atomic E-state index is 12.3. The van der Waals surface area contributed by atoms with E-state index in [0.29, 0.717) is 5.56 Å². The second-order valence-corrected chi connectivity index (χ2v) is 6.10. The van der Waals surface area contributed by atoms with Crippen LogP contribution >= 0.6 is 0 Å². The van der Waals surface area contributed by atoms with Crippen LogP contribution in [0.5, 0.6) is 0 Å². The van der Waals surface area contributed by atoms with Crippen LogP contribution in [0.1, 0.15) is 43.5 Å². The van der Waals surface area contributed by atoms with Gasteiger partial charge in [-0.1, -0.05) is 19.8 Å². The molecule has 1 fully saturated rings. The Bertz CT molecular complexity index is 520. The summed E-state index contributed by atoms with van der Waals surface area (Å²) in [7, 11) is 0. The Balaban J connectivity index is 1.77. The molecule has 23 heavy (non-hydrogen) atoms. The number of anilines is 1. The number of hydrogen-bond donors (Lipinski definition) is 1. The lowest BCUT2D eigenvalue weighted by Gasteiger charge is -2.34. The van der Waals surface area contributed by atoms with Crippen molar-refractivity contribution in [3.63, 3.8) is 0 Å². The number of rotatable bonds is 6. The van der Waals surface area contributed by atoms with Crippen molar-refractivity contribution in [2.24, 2.45) is 0 Å². The molecule has 0 radical (unpaired) electrons. The Labute approximate surface area is 138 Å². The van der Waals surface area contributed by atoms with Crippen molar-refractivity contribution in [2.45, 2.75) is 33.1 Å². The van der Waals surface area contributed by atoms with Gasteiger partial charge in [0.25, 0.3) is 0 Å². The van der Waals surface area contributed by atoms with Gasteiger partial charge >= 0.3 is 6.03 Å². The molecule has 5 heteroatoms. The second kappa shape index (κ2) is 8.67. The highest BCUT2D eigenvalue weighted by atomic mass is 16.2. The molecule has 126 valence electrons. The van der Waals surface area contributed by atoms with E-state index >= 15 is 0 Å². The molecule has 0 bridgehead atoms. The average Bonchev–Trinajstić information content (AvgIpc) is 2.56. The first kappa shape index (κ1) is 17.5. The number of benzene rings is 1. The number of nitrogens with one attached hydrogen (secondary N) is 1. The number of Topliss-reactive ketones (excluding diaryl/α,β-unsaturated/α-hetero) is 1. The lowest BCUT2D eigenvalue weighted by molar-refractivity contribution is 0.101. The Kier molecular flexibility index (Phi) is 6.59. The van der Waals surface area contributed by atoms with Crippen molar-refractivity contribution in [1.29, 1.82) is 0 Å². The van der Waals surface area contributed by atoms with Gasteiger partial charge in [0.05, 0.1) is 0 Å². The molecule has 0 atom stereocenters. The van der Waals surface area contributed by atoms with Gasteiger partial charge in [-0.05, 0) is 44.2 Å². The molecule has 1 aromatic carbocycles. The van der Waals surface area contributed by atoms with Gasteiger partial charge in [-0.2, -0.15) is 0 Å². The highest BCUT2D eigenvalue weighted by Crippen LogP contribution is 2.12. The lowest BCUT2D eigenvalue weighted by Crippen LogP contribution is -2.50. The monoisotopic (exact) mass is 317 g/mol. The van der Waals surface area contributed by atoms with E-state index in [9.17, 15) is 9.59 Å². The maximum atomic E-state index is 12.3. The van der Waals surface area contributed by atoms with Crippen LogP contribution in [0.15, 0.2) is 24.3 Å². The van der Waals surface area contributed by atoms with Crippen molar-refractivity contribution < 1.29 is 9.59 Å². The first-order valence-electron chi connectivity index (χ1n) is 8.49. The highest BCUT2D eigenvalue weighted by molar-refractivity contribution is 5.95. The Morgan fingerprint density at radius 1 is 1.04 bits per heavy atom. The summed E-state index contributed by atoms with van der Waals surface area (Å²) in [6.07, 6.45) is 3.76. The third kappa shape index (κ3) is 5.36. The van der Waals surface area contributed by atoms with Gasteiger partial charge in [0.2, 0.25) is 0 Å². The largest absolute Gasteiger partial charge is 0.322 e. The van der Waals surface area contributed by atoms with Crippen molar-refractivity contribution in [3.8, 4) is 0 Å². The summed E-state index contributed by atoms with van der Waals surface area (Å²) in [6.45, 7) is 8.31. The fraction of sp³-hybridized carbons (Fsp3) is 0.556. The smallest absolute Gasteiger partial charge is 0.321 e. The number of piperazine rings is 1. The topological polar surface area (TPSA) is 52.6 Å². The van der Waals surface area contributed by atoms with E-state index in [0.717, 1.165) is 38.4 Å². The molecule has 2 rings (SSSR count). The van der Waals surface area contributed by atoms with Gasteiger partial charge < -0.3 is 10.2 Å². The summed E-state index contributed by atoms with van der Waals surface area (Å²) < 4.78 is 0. The summed E-state index contributed by atoms with van der Waals surface area (Å²) in [5, 5.41) is 2.90. The number of nitrogens with zero attached hydrogens (tertiary/aromatic N) is 2. The summed E-state index contributed by atoms with van der Waals surface area (Å²) in [6, 6.07) is 6.96. The molecule has 0 aliphatic carbocycles. The zero-order chi connectivity index (χ0) is 16.7. The van der Waals surface area contributed by atoms with E-state index in [1.54, 1.807) is 24.3 Å². The van der Waals surface area contributed by atoms with E-state index in [1.807, 2.05) is 4.90 Å². The quantitative estimate of drug-likeness (QED) is 0.647. The molecule has 1 N–H and O–H groups in total. The van der Waals surface area contributed by atoms with Gasteiger partial charge in [0.1, 0.15) is 0 Å². The Hall–Kier alpha value is -1.88. The third-order valence-corrected chi connectivity index (χ3v) is 4.28. The minimum atomic E-state index is -0.0613. The molecule has 1 aromatic rings. The van der Waals surface area contributed by atoms with Gasteiger partial charge in [0, 0.05) is 37.4 Å². The second-order valence-electron chi connectivity index (χ2n) is 6.10. The van der Waals surface area contributed by atoms with Gasteiger partial charge in [-0.25, -0.2) is 4.79 Å². The average molecular weight is 317 g/mol. The SMILES string of the molecule is CCCCCN1CCN(C(=O)Nc2ccc(C(C)=O)cc2)CC1. The van der Waals surface area contributed by atoms with Crippen LogP contribution < -0.4 is 5.32 Å². The minimum Gasteiger partial charge on any atom is -0.322 e. The van der Waals surface area contributed by atoms with Crippen molar-refractivity contribution in [2.75, 3.05) is 38.0 Å². The molecule has 0 saturated carbocycles. The third-order valence-electron chi connectivity index (χ3n) is 4.28. The van der Waals surface area contributed by atoms with Crippen LogP contribution in [0.4, 0.5) is 10.5 Å². The zero-order valence-corrected chi connectivity index (χ0v) is 14.2. The van der Waals surface area contributed by atoms with Crippen LogP contribution in [0.25, 0.3) is 0 Å². The molecule has 0 aromatic heterocycles. The van der Waals surface area contributed by atoms with Crippen molar-refractivity contribution in [1.82, 2.24) is 9.80 Å². The number of hydrogen-bond acceptors (Lipinski definition) is 3. The Morgan fingerprint density at radius 2 is 1.70 bits per heavy atom. The summed E-state index contributed by atoms with van der Waals surface area (Å²) in [5.41, 5.74) is 1.38. The van der Waals surface area contributed by atoms with E-state index < -0.39 is 0 Å². The minimum absolute atomic E-state index is 0.0297. The van der Waals surface area contributed by atoms with Gasteiger partial charge in [0.15, 0.2) is 5.78 Å². The predicted octanol–water partition coefficient (Wildman–Crippen LogP) is 3.23. The molecule has 1 aliphatic rings. The van der Waals surface area contributed by atoms with Crippen LogP contribution in [0.2, 0.25) is 0 Å². The number of ketones is 1. The first-order chi connectivity index (χ1) is 11.1. The zero-order valence-electron chi connectivity index (χ0n) is 14.2. The van der Waals surface area contributed by atoms with Crippen LogP contribution in [-0.2, 0) is 0 Å². The number of urea groups is 1. The van der Waals surface area contributed by atoms with Crippen LogP contribution in [-0.4, -0.2) is 54.3 Å². The van der Waals surface area contributed by atoms with E-state index in [2.05, 4.69) is 17.1 Å². The summed E-state index contributed by atoms with van der Waals surface area (Å²) >= 11 is 0. The lowest BCUT2D eigenvalue weighted by atomic mass is 10.1. The number of carbonyl (C=O) groups is 2. The van der Waals surface area contributed by atoms with Crippen molar-refractivity contribution in [3.05, 3.63) is 29.8 Å². The van der Waals surface area contributed by atoms with E-state index in [-0.39, 0.29) is 11.8 Å². The van der Waals surface area contributed by atoms with Gasteiger partial charge in [-0.15, -0.1) is 0 Å². The fourth-order valence-corrected chi connectivity index (χ4v) is 2.75. The van der Waals surface area contributed by atoms with Gasteiger partial charge in [-0.3, -0.25) is 9.69 Å². The summed E-state index contributed by atoms with van der Waals surface area (Å²) in [5.74, 6) is 0.0297. The normalized spacial score (nSPS) is 15.5.